The van der Waals surface area contributed by atoms with Crippen LogP contribution in [0.5, 0.6) is 5.75 Å². The van der Waals surface area contributed by atoms with Crippen molar-refractivity contribution in [1.29, 1.82) is 0 Å². The van der Waals surface area contributed by atoms with Crippen molar-refractivity contribution in [3.8, 4) is 5.75 Å². The van der Waals surface area contributed by atoms with E-state index < -0.39 is 0 Å². The minimum Gasteiger partial charge on any atom is -0.484 e. The zero-order valence-electron chi connectivity index (χ0n) is 10.1. The average molecular weight is 265 g/mol. The molecule has 1 heterocycles. The summed E-state index contributed by atoms with van der Waals surface area (Å²) in [5.41, 5.74) is 6.32. The van der Waals surface area contributed by atoms with Crippen molar-refractivity contribution in [3.63, 3.8) is 0 Å². The van der Waals surface area contributed by atoms with Gasteiger partial charge in [0, 0.05) is 11.8 Å². The van der Waals surface area contributed by atoms with E-state index in [0.29, 0.717) is 23.2 Å². The average Bonchev–Trinajstić information content (AvgIpc) is 2.82. The molecule has 0 aliphatic heterocycles. The first-order valence-electron chi connectivity index (χ1n) is 5.65. The molecule has 18 heavy (non-hydrogen) atoms. The monoisotopic (exact) mass is 265 g/mol. The van der Waals surface area contributed by atoms with Crippen LogP contribution in [0.3, 0.4) is 0 Å². The molecule has 2 rings (SSSR count). The predicted octanol–water partition coefficient (Wildman–Crippen LogP) is 2.48. The molecule has 1 aromatic carbocycles. The highest BCUT2D eigenvalue weighted by Gasteiger charge is 2.06. The van der Waals surface area contributed by atoms with Gasteiger partial charge in [-0.3, -0.25) is 0 Å². The van der Waals surface area contributed by atoms with Crippen LogP contribution in [0.2, 0.25) is 0 Å². The van der Waals surface area contributed by atoms with Crippen LogP contribution in [0.1, 0.15) is 18.6 Å². The van der Waals surface area contributed by atoms with Crippen molar-refractivity contribution in [3.05, 3.63) is 36.0 Å². The summed E-state index contributed by atoms with van der Waals surface area (Å²) in [6.07, 6.45) is 0. The first-order valence-corrected chi connectivity index (χ1v) is 6.81. The quantitative estimate of drug-likeness (QED) is 0.809. The number of nitrogens with zero attached hydrogens (tertiary/aromatic N) is 2. The number of nitrogen functional groups attached to an aromatic ring is 1. The summed E-state index contributed by atoms with van der Waals surface area (Å²) in [5, 5.41) is 3.87. The van der Waals surface area contributed by atoms with Gasteiger partial charge in [0.25, 0.3) is 5.89 Å². The van der Waals surface area contributed by atoms with E-state index in [1.807, 2.05) is 12.1 Å². The van der Waals surface area contributed by atoms with E-state index in [2.05, 4.69) is 17.1 Å². The van der Waals surface area contributed by atoms with Crippen molar-refractivity contribution in [2.75, 3.05) is 11.5 Å². The molecule has 0 aliphatic rings. The summed E-state index contributed by atoms with van der Waals surface area (Å²) in [7, 11) is 0. The molecule has 0 amide bonds. The number of ether oxygens (including phenoxy) is 1. The van der Waals surface area contributed by atoms with Crippen LogP contribution < -0.4 is 10.5 Å². The lowest BCUT2D eigenvalue weighted by atomic mass is 10.3. The standard InChI is InChI=1S/C12H15N3O2S/c1-2-18-8-11-14-12(17-15-11)7-16-10-5-3-4-9(13)6-10/h3-6H,2,7-8,13H2,1H3. The van der Waals surface area contributed by atoms with Gasteiger partial charge in [-0.15, -0.1) is 0 Å². The van der Waals surface area contributed by atoms with E-state index in [-0.39, 0.29) is 6.61 Å². The maximum atomic E-state index is 5.65. The number of anilines is 1. The van der Waals surface area contributed by atoms with Crippen LogP contribution in [-0.4, -0.2) is 15.9 Å². The number of benzene rings is 1. The van der Waals surface area contributed by atoms with Crippen LogP contribution in [0.25, 0.3) is 0 Å². The van der Waals surface area contributed by atoms with Gasteiger partial charge < -0.3 is 15.0 Å². The van der Waals surface area contributed by atoms with Gasteiger partial charge in [-0.2, -0.15) is 16.7 Å². The third-order valence-electron chi connectivity index (χ3n) is 2.17. The molecule has 1 aromatic heterocycles. The van der Waals surface area contributed by atoms with Crippen LogP contribution in [-0.2, 0) is 12.4 Å². The highest BCUT2D eigenvalue weighted by molar-refractivity contribution is 7.98. The van der Waals surface area contributed by atoms with Crippen LogP contribution >= 0.6 is 11.8 Å². The van der Waals surface area contributed by atoms with Crippen molar-refractivity contribution >= 4 is 17.4 Å². The number of thioether (sulfide) groups is 1. The number of hydrogen-bond donors (Lipinski definition) is 1. The highest BCUT2D eigenvalue weighted by atomic mass is 32.2. The van der Waals surface area contributed by atoms with Crippen LogP contribution in [0, 0.1) is 0 Å². The summed E-state index contributed by atoms with van der Waals surface area (Å²) in [6.45, 7) is 2.35. The number of nitrogens with two attached hydrogens (primary N) is 1. The lowest BCUT2D eigenvalue weighted by Crippen LogP contribution is -1.96. The van der Waals surface area contributed by atoms with E-state index in [4.69, 9.17) is 15.0 Å². The summed E-state index contributed by atoms with van der Waals surface area (Å²) >= 11 is 1.75. The van der Waals surface area contributed by atoms with Gasteiger partial charge in [-0.05, 0) is 17.9 Å². The van der Waals surface area contributed by atoms with Crippen LogP contribution in [0.15, 0.2) is 28.8 Å². The van der Waals surface area contributed by atoms with Crippen molar-refractivity contribution in [1.82, 2.24) is 10.1 Å². The lowest BCUT2D eigenvalue weighted by molar-refractivity contribution is 0.242. The minimum absolute atomic E-state index is 0.257. The van der Waals surface area contributed by atoms with Gasteiger partial charge in [0.1, 0.15) is 5.75 Å². The summed E-state index contributed by atoms with van der Waals surface area (Å²) < 4.78 is 10.6. The Labute approximate surface area is 110 Å². The van der Waals surface area contributed by atoms with Gasteiger partial charge in [0.2, 0.25) is 0 Å². The van der Waals surface area contributed by atoms with Gasteiger partial charge in [-0.25, -0.2) is 0 Å². The smallest absolute Gasteiger partial charge is 0.264 e. The second kappa shape index (κ2) is 6.30. The molecule has 0 unspecified atom stereocenters. The Kier molecular flexibility index (Phi) is 4.46. The Morgan fingerprint density at radius 1 is 1.44 bits per heavy atom. The first-order chi connectivity index (χ1) is 8.78. The Morgan fingerprint density at radius 2 is 2.33 bits per heavy atom. The Balaban J connectivity index is 1.88. The van der Waals surface area contributed by atoms with E-state index in [1.165, 1.54) is 0 Å². The molecule has 0 fully saturated rings. The van der Waals surface area contributed by atoms with Gasteiger partial charge in [0.05, 0.1) is 5.75 Å². The second-order valence-corrected chi connectivity index (χ2v) is 4.88. The lowest BCUT2D eigenvalue weighted by Gasteiger charge is -2.03. The molecule has 6 heteroatoms. The van der Waals surface area contributed by atoms with E-state index in [1.54, 1.807) is 23.9 Å². The van der Waals surface area contributed by atoms with E-state index >= 15 is 0 Å². The fraction of sp³-hybridized carbons (Fsp3) is 0.333. The van der Waals surface area contributed by atoms with Crippen molar-refractivity contribution in [2.45, 2.75) is 19.3 Å². The molecule has 96 valence electrons. The largest absolute Gasteiger partial charge is 0.484 e. The first kappa shape index (κ1) is 12.8. The van der Waals surface area contributed by atoms with E-state index in [0.717, 1.165) is 11.5 Å². The molecule has 0 aliphatic carbocycles. The van der Waals surface area contributed by atoms with Gasteiger partial charge in [-0.1, -0.05) is 18.1 Å². The Bertz CT molecular complexity index is 502. The normalized spacial score (nSPS) is 10.5. The summed E-state index contributed by atoms with van der Waals surface area (Å²) in [5.74, 6) is 3.66. The number of aromatic nitrogens is 2. The van der Waals surface area contributed by atoms with Crippen molar-refractivity contribution in [2.24, 2.45) is 0 Å². The number of hydrogen-bond acceptors (Lipinski definition) is 6. The van der Waals surface area contributed by atoms with E-state index in [9.17, 15) is 0 Å². The van der Waals surface area contributed by atoms with Crippen LogP contribution in [0.4, 0.5) is 5.69 Å². The predicted molar refractivity (Wildman–Crippen MR) is 71.3 cm³/mol. The Hall–Kier alpha value is -1.69. The summed E-state index contributed by atoms with van der Waals surface area (Å²) in [4.78, 5) is 4.23. The fourth-order valence-electron chi connectivity index (χ4n) is 1.35. The second-order valence-electron chi connectivity index (χ2n) is 3.60. The topological polar surface area (TPSA) is 74.2 Å². The number of rotatable bonds is 6. The Morgan fingerprint density at radius 3 is 3.11 bits per heavy atom. The summed E-state index contributed by atoms with van der Waals surface area (Å²) in [6, 6.07) is 7.23. The zero-order chi connectivity index (χ0) is 12.8. The SMILES string of the molecule is CCSCc1noc(COc2cccc(N)c2)n1. The van der Waals surface area contributed by atoms with Gasteiger partial charge >= 0.3 is 0 Å². The third-order valence-corrected chi connectivity index (χ3v) is 3.04. The molecule has 2 N–H and O–H groups in total. The molecule has 5 nitrogen and oxygen atoms in total. The molecular weight excluding hydrogens is 250 g/mol. The van der Waals surface area contributed by atoms with Crippen molar-refractivity contribution < 1.29 is 9.26 Å². The molecule has 2 aromatic rings. The molecule has 0 saturated carbocycles. The maximum Gasteiger partial charge on any atom is 0.264 e. The molecule has 0 spiro atoms. The maximum absolute atomic E-state index is 5.65. The molecule has 0 bridgehead atoms. The minimum atomic E-state index is 0.257. The highest BCUT2D eigenvalue weighted by Crippen LogP contribution is 2.16. The molecule has 0 radical (unpaired) electrons. The molecule has 0 atom stereocenters. The molecular formula is C12H15N3O2S. The third kappa shape index (κ3) is 3.66. The zero-order valence-corrected chi connectivity index (χ0v) is 10.9. The van der Waals surface area contributed by atoms with Gasteiger partial charge in [0.15, 0.2) is 12.4 Å². The fourth-order valence-corrected chi connectivity index (χ4v) is 1.85. The molecule has 0 saturated heterocycles.